The molecule has 0 fully saturated rings. The molecule has 0 aromatic carbocycles. The van der Waals surface area contributed by atoms with Gasteiger partial charge in [-0.2, -0.15) is 5.10 Å². The molecule has 0 radical (unpaired) electrons. The van der Waals surface area contributed by atoms with E-state index < -0.39 is 0 Å². The van der Waals surface area contributed by atoms with E-state index in [9.17, 15) is 4.79 Å². The van der Waals surface area contributed by atoms with Gasteiger partial charge in [-0.3, -0.25) is 9.36 Å². The molecule has 0 spiro atoms. The van der Waals surface area contributed by atoms with Gasteiger partial charge in [-0.1, -0.05) is 0 Å². The van der Waals surface area contributed by atoms with E-state index in [2.05, 4.69) is 10.1 Å². The third kappa shape index (κ3) is 2.42. The molecule has 2 aromatic heterocycles. The van der Waals surface area contributed by atoms with E-state index >= 15 is 0 Å². The highest BCUT2D eigenvalue weighted by Crippen LogP contribution is 2.06. The quantitative estimate of drug-likeness (QED) is 0.825. The fourth-order valence-electron chi connectivity index (χ4n) is 1.63. The molecule has 0 saturated carbocycles. The van der Waals surface area contributed by atoms with Crippen LogP contribution in [-0.2, 0) is 0 Å². The molecule has 6 nitrogen and oxygen atoms in total. The van der Waals surface area contributed by atoms with Gasteiger partial charge in [0.15, 0.2) is 5.82 Å². The van der Waals surface area contributed by atoms with Crippen LogP contribution in [0.15, 0.2) is 35.6 Å². The van der Waals surface area contributed by atoms with Crippen molar-refractivity contribution >= 4 is 0 Å². The van der Waals surface area contributed by atoms with Crippen LogP contribution in [0.3, 0.4) is 0 Å². The molecule has 2 rings (SSSR count). The predicted octanol–water partition coefficient (Wildman–Crippen LogP) is 0.339. The van der Waals surface area contributed by atoms with Crippen LogP contribution in [0.1, 0.15) is 19.4 Å². The van der Waals surface area contributed by atoms with Crippen molar-refractivity contribution in [1.29, 1.82) is 0 Å². The second-order valence-electron chi connectivity index (χ2n) is 3.87. The minimum Gasteiger partial charge on any atom is -0.330 e. The molecule has 6 heteroatoms. The van der Waals surface area contributed by atoms with Crippen molar-refractivity contribution in [2.45, 2.75) is 19.4 Å². The largest absolute Gasteiger partial charge is 0.330 e. The zero-order valence-electron chi connectivity index (χ0n) is 9.65. The zero-order valence-corrected chi connectivity index (χ0v) is 9.65. The summed E-state index contributed by atoms with van der Waals surface area (Å²) in [6.07, 6.45) is 5.82. The number of hydrogen-bond acceptors (Lipinski definition) is 4. The highest BCUT2D eigenvalue weighted by atomic mass is 16.1. The van der Waals surface area contributed by atoms with Crippen molar-refractivity contribution in [3.05, 3.63) is 41.2 Å². The van der Waals surface area contributed by atoms with Gasteiger partial charge in [-0.25, -0.2) is 9.67 Å². The molecule has 1 atom stereocenters. The summed E-state index contributed by atoms with van der Waals surface area (Å²) in [4.78, 5) is 15.6. The normalized spacial score (nSPS) is 12.6. The van der Waals surface area contributed by atoms with Crippen LogP contribution in [-0.4, -0.2) is 25.9 Å². The van der Waals surface area contributed by atoms with Crippen LogP contribution >= 0.6 is 0 Å². The molecule has 0 aliphatic heterocycles. The Bertz CT molecular complexity index is 531. The molecule has 0 saturated heterocycles. The Morgan fingerprint density at radius 1 is 1.47 bits per heavy atom. The highest BCUT2D eigenvalue weighted by Gasteiger charge is 2.08. The lowest BCUT2D eigenvalue weighted by molar-refractivity contribution is 0.441. The molecule has 0 unspecified atom stereocenters. The molecule has 0 aliphatic carbocycles. The van der Waals surface area contributed by atoms with Crippen LogP contribution in [0.5, 0.6) is 0 Å². The third-order valence-corrected chi connectivity index (χ3v) is 2.58. The number of aromatic nitrogens is 4. The Labute approximate surface area is 98.7 Å². The summed E-state index contributed by atoms with van der Waals surface area (Å²) < 4.78 is 3.22. The fourth-order valence-corrected chi connectivity index (χ4v) is 1.63. The van der Waals surface area contributed by atoms with Gasteiger partial charge in [0.25, 0.3) is 5.56 Å². The molecule has 90 valence electrons. The Morgan fingerprint density at radius 2 is 2.29 bits per heavy atom. The van der Waals surface area contributed by atoms with Crippen LogP contribution in [0.2, 0.25) is 0 Å². The van der Waals surface area contributed by atoms with Crippen molar-refractivity contribution in [3.8, 4) is 5.82 Å². The first-order valence-corrected chi connectivity index (χ1v) is 5.50. The third-order valence-electron chi connectivity index (χ3n) is 2.58. The van der Waals surface area contributed by atoms with E-state index in [0.717, 1.165) is 6.42 Å². The van der Waals surface area contributed by atoms with Gasteiger partial charge in [0.05, 0.1) is 6.04 Å². The van der Waals surface area contributed by atoms with Crippen molar-refractivity contribution in [1.82, 2.24) is 19.3 Å². The molecule has 17 heavy (non-hydrogen) atoms. The fraction of sp³-hybridized carbons (Fsp3) is 0.364. The van der Waals surface area contributed by atoms with Gasteiger partial charge in [-0.15, -0.1) is 0 Å². The van der Waals surface area contributed by atoms with Crippen molar-refractivity contribution in [2.24, 2.45) is 5.73 Å². The first kappa shape index (κ1) is 11.5. The summed E-state index contributed by atoms with van der Waals surface area (Å²) in [6.45, 7) is 2.46. The smallest absolute Gasteiger partial charge is 0.267 e. The monoisotopic (exact) mass is 233 g/mol. The number of rotatable bonds is 4. The van der Waals surface area contributed by atoms with Gasteiger partial charge in [0.1, 0.15) is 6.33 Å². The Hall–Kier alpha value is -1.95. The first-order valence-electron chi connectivity index (χ1n) is 5.50. The van der Waals surface area contributed by atoms with Crippen molar-refractivity contribution in [3.63, 3.8) is 0 Å². The number of imidazole rings is 1. The first-order chi connectivity index (χ1) is 8.22. The lowest BCUT2D eigenvalue weighted by Crippen LogP contribution is -2.27. The van der Waals surface area contributed by atoms with Gasteiger partial charge in [-0.05, 0) is 26.0 Å². The Kier molecular flexibility index (Phi) is 3.34. The van der Waals surface area contributed by atoms with Gasteiger partial charge in [0, 0.05) is 18.5 Å². The molecular formula is C11H15N5O. The molecule has 2 heterocycles. The van der Waals surface area contributed by atoms with Crippen molar-refractivity contribution in [2.75, 3.05) is 6.54 Å². The molecule has 2 N–H and O–H groups in total. The SMILES string of the molecule is C[C@H](CCN)n1nc(-n2ccnc2)ccc1=O. The lowest BCUT2D eigenvalue weighted by atomic mass is 10.2. The highest BCUT2D eigenvalue weighted by molar-refractivity contribution is 5.19. The summed E-state index contributed by atoms with van der Waals surface area (Å²) in [5, 5.41) is 4.30. The van der Waals surface area contributed by atoms with Crippen LogP contribution in [0.4, 0.5) is 0 Å². The minimum atomic E-state index is -0.116. The maximum absolute atomic E-state index is 11.7. The van der Waals surface area contributed by atoms with Crippen LogP contribution < -0.4 is 11.3 Å². The van der Waals surface area contributed by atoms with E-state index in [0.29, 0.717) is 12.4 Å². The zero-order chi connectivity index (χ0) is 12.3. The van der Waals surface area contributed by atoms with E-state index in [1.54, 1.807) is 29.4 Å². The Morgan fingerprint density at radius 3 is 2.94 bits per heavy atom. The summed E-state index contributed by atoms with van der Waals surface area (Å²) in [5.41, 5.74) is 5.38. The molecular weight excluding hydrogens is 218 g/mol. The standard InChI is InChI=1S/C11H15N5O/c1-9(4-5-12)16-11(17)3-2-10(14-16)15-7-6-13-8-15/h2-3,6-9H,4-5,12H2,1H3/t9-/m1/s1. The van der Waals surface area contributed by atoms with E-state index in [-0.39, 0.29) is 11.6 Å². The van der Waals surface area contributed by atoms with Gasteiger partial charge in [0.2, 0.25) is 0 Å². The molecule has 0 bridgehead atoms. The average molecular weight is 233 g/mol. The minimum absolute atomic E-state index is 0.00373. The van der Waals surface area contributed by atoms with Crippen LogP contribution in [0, 0.1) is 0 Å². The molecule has 2 aromatic rings. The lowest BCUT2D eigenvalue weighted by Gasteiger charge is -2.13. The topological polar surface area (TPSA) is 78.7 Å². The molecule has 0 amide bonds. The second-order valence-corrected chi connectivity index (χ2v) is 3.87. The average Bonchev–Trinajstić information content (AvgIpc) is 2.83. The predicted molar refractivity (Wildman–Crippen MR) is 64.0 cm³/mol. The molecule has 0 aliphatic rings. The summed E-state index contributed by atoms with van der Waals surface area (Å²) in [7, 11) is 0. The number of nitrogens with two attached hydrogens (primary N) is 1. The van der Waals surface area contributed by atoms with E-state index in [1.807, 2.05) is 6.92 Å². The summed E-state index contributed by atoms with van der Waals surface area (Å²) >= 11 is 0. The maximum Gasteiger partial charge on any atom is 0.267 e. The van der Waals surface area contributed by atoms with E-state index in [1.165, 1.54) is 10.7 Å². The van der Waals surface area contributed by atoms with Gasteiger partial charge >= 0.3 is 0 Å². The van der Waals surface area contributed by atoms with Gasteiger partial charge < -0.3 is 5.73 Å². The number of nitrogens with zero attached hydrogens (tertiary/aromatic N) is 4. The Balaban J connectivity index is 2.39. The van der Waals surface area contributed by atoms with Crippen LogP contribution in [0.25, 0.3) is 5.82 Å². The van der Waals surface area contributed by atoms with E-state index in [4.69, 9.17) is 5.73 Å². The summed E-state index contributed by atoms with van der Waals surface area (Å²) in [5.74, 6) is 0.672. The summed E-state index contributed by atoms with van der Waals surface area (Å²) in [6, 6.07) is 3.18. The number of hydrogen-bond donors (Lipinski definition) is 1. The second kappa shape index (κ2) is 4.92. The van der Waals surface area contributed by atoms with Crippen molar-refractivity contribution < 1.29 is 0 Å². The maximum atomic E-state index is 11.7.